The minimum Gasteiger partial charge on any atom is -0.494 e. The molecule has 1 unspecified atom stereocenters. The summed E-state index contributed by atoms with van der Waals surface area (Å²) >= 11 is 0. The Morgan fingerprint density at radius 2 is 0.919 bits per heavy atom. The van der Waals surface area contributed by atoms with Gasteiger partial charge in [-0.25, -0.2) is 0 Å². The Balaban J connectivity index is 1.08. The standard InChI is InChI=1S/C31H34N2O4/c1-23(35-27-18-20-31(21-19-27)37-29-12-8-25(33)9-13-29)5-3-2-4-22-34-26-14-16-30(17-15-26)36-28-10-6-24(32)7-11-28/h6-21,23H,2-5,22,32-33H2,1H3. The zero-order valence-corrected chi connectivity index (χ0v) is 21.1. The molecule has 6 heteroatoms. The summed E-state index contributed by atoms with van der Waals surface area (Å²) in [6.07, 6.45) is 4.28. The number of hydrogen-bond acceptors (Lipinski definition) is 6. The summed E-state index contributed by atoms with van der Waals surface area (Å²) < 4.78 is 23.6. The van der Waals surface area contributed by atoms with Crippen LogP contribution in [0.1, 0.15) is 32.6 Å². The summed E-state index contributed by atoms with van der Waals surface area (Å²) in [5.41, 5.74) is 12.8. The maximum absolute atomic E-state index is 6.05. The molecule has 0 spiro atoms. The molecule has 0 bridgehead atoms. The molecular weight excluding hydrogens is 464 g/mol. The fourth-order valence-electron chi connectivity index (χ4n) is 3.73. The number of anilines is 2. The first kappa shape index (κ1) is 25.8. The lowest BCUT2D eigenvalue weighted by atomic mass is 10.1. The van der Waals surface area contributed by atoms with Gasteiger partial charge < -0.3 is 30.4 Å². The van der Waals surface area contributed by atoms with Gasteiger partial charge in [-0.15, -0.1) is 0 Å². The summed E-state index contributed by atoms with van der Waals surface area (Å²) in [5, 5.41) is 0. The van der Waals surface area contributed by atoms with Gasteiger partial charge in [-0.3, -0.25) is 0 Å². The zero-order valence-electron chi connectivity index (χ0n) is 21.1. The van der Waals surface area contributed by atoms with Crippen LogP contribution in [-0.2, 0) is 0 Å². The average Bonchev–Trinajstić information content (AvgIpc) is 2.91. The highest BCUT2D eigenvalue weighted by atomic mass is 16.5. The number of rotatable bonds is 13. The molecule has 0 aliphatic heterocycles. The molecule has 0 saturated heterocycles. The van der Waals surface area contributed by atoms with Gasteiger partial charge in [0.1, 0.15) is 34.5 Å². The van der Waals surface area contributed by atoms with Crippen LogP contribution in [-0.4, -0.2) is 12.7 Å². The van der Waals surface area contributed by atoms with E-state index in [9.17, 15) is 0 Å². The second-order valence-electron chi connectivity index (χ2n) is 8.91. The molecule has 4 rings (SSSR count). The van der Waals surface area contributed by atoms with Gasteiger partial charge in [-0.1, -0.05) is 0 Å². The van der Waals surface area contributed by atoms with Crippen LogP contribution in [0.25, 0.3) is 0 Å². The van der Waals surface area contributed by atoms with Crippen molar-refractivity contribution in [2.45, 2.75) is 38.7 Å². The van der Waals surface area contributed by atoms with Gasteiger partial charge in [0.05, 0.1) is 12.7 Å². The summed E-state index contributed by atoms with van der Waals surface area (Å²) in [5.74, 6) is 4.69. The molecule has 4 aromatic rings. The van der Waals surface area contributed by atoms with Gasteiger partial charge in [0, 0.05) is 11.4 Å². The van der Waals surface area contributed by atoms with Gasteiger partial charge in [0.25, 0.3) is 0 Å². The molecule has 0 heterocycles. The van der Waals surface area contributed by atoms with Crippen LogP contribution in [0.15, 0.2) is 97.1 Å². The van der Waals surface area contributed by atoms with E-state index in [1.807, 2.05) is 97.1 Å². The third-order valence-corrected chi connectivity index (χ3v) is 5.74. The fourth-order valence-corrected chi connectivity index (χ4v) is 3.73. The molecule has 0 aliphatic rings. The van der Waals surface area contributed by atoms with Crippen molar-refractivity contribution in [2.24, 2.45) is 0 Å². The Morgan fingerprint density at radius 3 is 1.41 bits per heavy atom. The van der Waals surface area contributed by atoms with Crippen molar-refractivity contribution < 1.29 is 18.9 Å². The lowest BCUT2D eigenvalue weighted by Gasteiger charge is -2.15. The van der Waals surface area contributed by atoms with Crippen LogP contribution >= 0.6 is 0 Å². The fraction of sp³-hybridized carbons (Fsp3) is 0.226. The highest BCUT2D eigenvalue weighted by Gasteiger charge is 2.06. The zero-order chi connectivity index (χ0) is 25.9. The Bertz CT molecular complexity index is 1210. The van der Waals surface area contributed by atoms with E-state index in [-0.39, 0.29) is 6.10 Å². The summed E-state index contributed by atoms with van der Waals surface area (Å²) in [7, 11) is 0. The second-order valence-corrected chi connectivity index (χ2v) is 8.91. The van der Waals surface area contributed by atoms with Gasteiger partial charge >= 0.3 is 0 Å². The highest BCUT2D eigenvalue weighted by molar-refractivity contribution is 5.44. The summed E-state index contributed by atoms with van der Waals surface area (Å²) in [6, 6.07) is 30.0. The van der Waals surface area contributed by atoms with Gasteiger partial charge in [0.15, 0.2) is 0 Å². The molecule has 192 valence electrons. The first-order valence-electron chi connectivity index (χ1n) is 12.6. The molecule has 0 radical (unpaired) electrons. The maximum atomic E-state index is 6.05. The SMILES string of the molecule is CC(CCCCCOc1ccc(Oc2ccc(N)cc2)cc1)Oc1ccc(Oc2ccc(N)cc2)cc1. The molecule has 4 N–H and O–H groups in total. The number of benzene rings is 4. The predicted octanol–water partition coefficient (Wildman–Crippen LogP) is 7.84. The van der Waals surface area contributed by atoms with Crippen LogP contribution in [0, 0.1) is 0 Å². The van der Waals surface area contributed by atoms with Crippen molar-refractivity contribution in [1.82, 2.24) is 0 Å². The summed E-state index contributed by atoms with van der Waals surface area (Å²) in [6.45, 7) is 2.78. The molecule has 6 nitrogen and oxygen atoms in total. The first-order chi connectivity index (χ1) is 18.0. The minimum absolute atomic E-state index is 0.137. The van der Waals surface area contributed by atoms with Crippen molar-refractivity contribution >= 4 is 11.4 Å². The largest absolute Gasteiger partial charge is 0.494 e. The highest BCUT2D eigenvalue weighted by Crippen LogP contribution is 2.26. The molecule has 1 atom stereocenters. The predicted molar refractivity (Wildman–Crippen MR) is 149 cm³/mol. The van der Waals surface area contributed by atoms with Crippen LogP contribution in [0.5, 0.6) is 34.5 Å². The average molecular weight is 499 g/mol. The molecule has 0 fully saturated rings. The Kier molecular flexibility index (Phi) is 9.13. The van der Waals surface area contributed by atoms with Crippen LogP contribution in [0.4, 0.5) is 11.4 Å². The van der Waals surface area contributed by atoms with Crippen molar-refractivity contribution in [3.05, 3.63) is 97.1 Å². The van der Waals surface area contributed by atoms with Gasteiger partial charge in [0.2, 0.25) is 0 Å². The molecule has 4 aromatic carbocycles. The van der Waals surface area contributed by atoms with E-state index in [1.165, 1.54) is 0 Å². The smallest absolute Gasteiger partial charge is 0.127 e. The van der Waals surface area contributed by atoms with E-state index < -0.39 is 0 Å². The number of nitrogens with two attached hydrogens (primary N) is 2. The molecule has 0 saturated carbocycles. The number of ether oxygens (including phenoxy) is 4. The molecule has 0 amide bonds. The maximum Gasteiger partial charge on any atom is 0.127 e. The molecule has 0 aromatic heterocycles. The van der Waals surface area contributed by atoms with Gasteiger partial charge in [-0.05, 0) is 130 Å². The number of hydrogen-bond donors (Lipinski definition) is 2. The van der Waals surface area contributed by atoms with Gasteiger partial charge in [-0.2, -0.15) is 0 Å². The normalized spacial score (nSPS) is 11.5. The number of unbranched alkanes of at least 4 members (excludes halogenated alkanes) is 2. The van der Waals surface area contributed by atoms with Crippen molar-refractivity contribution in [3.8, 4) is 34.5 Å². The lowest BCUT2D eigenvalue weighted by molar-refractivity contribution is 0.204. The van der Waals surface area contributed by atoms with E-state index in [0.29, 0.717) is 18.0 Å². The quantitative estimate of drug-likeness (QED) is 0.144. The van der Waals surface area contributed by atoms with Crippen LogP contribution in [0.3, 0.4) is 0 Å². The van der Waals surface area contributed by atoms with Crippen molar-refractivity contribution in [1.29, 1.82) is 0 Å². The van der Waals surface area contributed by atoms with Crippen LogP contribution in [0.2, 0.25) is 0 Å². The second kappa shape index (κ2) is 13.1. The minimum atomic E-state index is 0.137. The Morgan fingerprint density at radius 1 is 0.514 bits per heavy atom. The Labute approximate surface area is 218 Å². The molecule has 0 aliphatic carbocycles. The van der Waals surface area contributed by atoms with E-state index in [0.717, 1.165) is 60.2 Å². The third kappa shape index (κ3) is 8.69. The molecule has 37 heavy (non-hydrogen) atoms. The molecular formula is C31H34N2O4. The third-order valence-electron chi connectivity index (χ3n) is 5.74. The Hall–Kier alpha value is -4.32. The van der Waals surface area contributed by atoms with Crippen molar-refractivity contribution in [2.75, 3.05) is 18.1 Å². The first-order valence-corrected chi connectivity index (χ1v) is 12.6. The monoisotopic (exact) mass is 498 g/mol. The van der Waals surface area contributed by atoms with Crippen molar-refractivity contribution in [3.63, 3.8) is 0 Å². The number of nitrogen functional groups attached to an aromatic ring is 2. The van der Waals surface area contributed by atoms with Crippen LogP contribution < -0.4 is 30.4 Å². The topological polar surface area (TPSA) is 89.0 Å². The van der Waals surface area contributed by atoms with E-state index in [2.05, 4.69) is 6.92 Å². The van der Waals surface area contributed by atoms with E-state index >= 15 is 0 Å². The van der Waals surface area contributed by atoms with E-state index in [4.69, 9.17) is 30.4 Å². The van der Waals surface area contributed by atoms with E-state index in [1.54, 1.807) is 0 Å². The summed E-state index contributed by atoms with van der Waals surface area (Å²) in [4.78, 5) is 0. The lowest BCUT2D eigenvalue weighted by Crippen LogP contribution is -2.11.